The maximum atomic E-state index is 11.8. The molecule has 1 rings (SSSR count). The van der Waals surface area contributed by atoms with Gasteiger partial charge in [0.2, 0.25) is 0 Å². The number of para-hydroxylation sites is 1. The molecular formula is C11H15NO3S. The number of carboxylic acids is 1. The lowest BCUT2D eigenvalue weighted by Gasteiger charge is -2.24. The summed E-state index contributed by atoms with van der Waals surface area (Å²) in [4.78, 5) is 10.9. The average molecular weight is 241 g/mol. The Labute approximate surface area is 98.0 Å². The first-order valence-corrected chi connectivity index (χ1v) is 5.98. The fourth-order valence-electron chi connectivity index (χ4n) is 1.01. The molecule has 0 aliphatic carbocycles. The molecule has 0 amide bonds. The van der Waals surface area contributed by atoms with E-state index in [9.17, 15) is 9.35 Å². The maximum Gasteiger partial charge on any atom is 0.337 e. The number of benzene rings is 1. The van der Waals surface area contributed by atoms with Crippen molar-refractivity contribution in [2.45, 2.75) is 25.5 Å². The first kappa shape index (κ1) is 12.9. The van der Waals surface area contributed by atoms with Crippen molar-refractivity contribution >= 4 is 23.0 Å². The standard InChI is InChI=1S/C11H15NO3S/c1-11(2,3)16(15)12-9-7-5-4-6-8(9)10(13)14/h4-7,12H,1-3H3,(H,13,14). The summed E-state index contributed by atoms with van der Waals surface area (Å²) in [6.45, 7) is 5.46. The Bertz CT molecular complexity index is 387. The van der Waals surface area contributed by atoms with Crippen molar-refractivity contribution in [3.05, 3.63) is 29.8 Å². The first-order valence-electron chi connectivity index (χ1n) is 4.83. The zero-order chi connectivity index (χ0) is 12.3. The van der Waals surface area contributed by atoms with Gasteiger partial charge in [0, 0.05) is 0 Å². The lowest BCUT2D eigenvalue weighted by Crippen LogP contribution is -2.34. The van der Waals surface area contributed by atoms with Crippen molar-refractivity contribution in [3.63, 3.8) is 0 Å². The van der Waals surface area contributed by atoms with Crippen LogP contribution >= 0.6 is 0 Å². The smallest absolute Gasteiger partial charge is 0.337 e. The molecule has 0 spiro atoms. The molecule has 0 fully saturated rings. The number of carboxylic acid groups (broad SMARTS) is 1. The van der Waals surface area contributed by atoms with Gasteiger partial charge in [0.05, 0.1) is 22.6 Å². The van der Waals surface area contributed by atoms with E-state index in [1.807, 2.05) is 20.8 Å². The molecule has 0 saturated carbocycles. The normalized spacial score (nSPS) is 13.2. The summed E-state index contributed by atoms with van der Waals surface area (Å²) in [6.07, 6.45) is 0. The minimum absolute atomic E-state index is 0.125. The number of hydrogen-bond donors (Lipinski definition) is 2. The van der Waals surface area contributed by atoms with Crippen LogP contribution in [0.1, 0.15) is 31.1 Å². The molecule has 0 aromatic heterocycles. The molecule has 0 bridgehead atoms. The Morgan fingerprint density at radius 1 is 1.38 bits per heavy atom. The summed E-state index contributed by atoms with van der Waals surface area (Å²) in [7, 11) is 0. The number of rotatable bonds is 3. The highest BCUT2D eigenvalue weighted by Gasteiger charge is 2.27. The van der Waals surface area contributed by atoms with Gasteiger partial charge in [-0.25, -0.2) is 9.52 Å². The van der Waals surface area contributed by atoms with Crippen LogP contribution in [0.2, 0.25) is 0 Å². The summed E-state index contributed by atoms with van der Waals surface area (Å²) >= 11 is -1.33. The fourth-order valence-corrected chi connectivity index (χ4v) is 1.70. The van der Waals surface area contributed by atoms with Gasteiger partial charge in [0.25, 0.3) is 0 Å². The Kier molecular flexibility index (Phi) is 3.83. The van der Waals surface area contributed by atoms with Crippen LogP contribution in [-0.4, -0.2) is 20.4 Å². The van der Waals surface area contributed by atoms with Gasteiger partial charge >= 0.3 is 5.97 Å². The van der Waals surface area contributed by atoms with Crippen molar-refractivity contribution < 1.29 is 14.5 Å². The van der Waals surface area contributed by atoms with Crippen LogP contribution in [0.3, 0.4) is 0 Å². The molecule has 1 unspecified atom stereocenters. The van der Waals surface area contributed by atoms with E-state index in [2.05, 4.69) is 4.72 Å². The highest BCUT2D eigenvalue weighted by Crippen LogP contribution is 2.22. The van der Waals surface area contributed by atoms with E-state index < -0.39 is 22.1 Å². The summed E-state index contributed by atoms with van der Waals surface area (Å²) in [6, 6.07) is 6.42. The van der Waals surface area contributed by atoms with E-state index >= 15 is 0 Å². The molecule has 0 saturated heterocycles. The first-order chi connectivity index (χ1) is 7.32. The molecule has 88 valence electrons. The molecule has 4 nitrogen and oxygen atoms in total. The molecule has 0 radical (unpaired) electrons. The summed E-state index contributed by atoms with van der Waals surface area (Å²) in [5, 5.41) is 8.94. The number of anilines is 1. The van der Waals surface area contributed by atoms with Gasteiger partial charge in [-0.15, -0.1) is 0 Å². The van der Waals surface area contributed by atoms with Gasteiger partial charge < -0.3 is 9.66 Å². The summed E-state index contributed by atoms with van der Waals surface area (Å²) in [5.74, 6) is -1.03. The minimum Gasteiger partial charge on any atom is -0.593 e. The van der Waals surface area contributed by atoms with Crippen molar-refractivity contribution in [3.8, 4) is 0 Å². The monoisotopic (exact) mass is 241 g/mol. The second-order valence-corrected chi connectivity index (χ2v) is 6.30. The molecule has 0 aliphatic heterocycles. The van der Waals surface area contributed by atoms with Crippen molar-refractivity contribution in [2.75, 3.05) is 4.72 Å². The molecule has 1 aromatic carbocycles. The molecule has 2 N–H and O–H groups in total. The molecule has 0 heterocycles. The Balaban J connectivity index is 2.93. The van der Waals surface area contributed by atoms with E-state index in [0.717, 1.165) is 0 Å². The van der Waals surface area contributed by atoms with E-state index in [4.69, 9.17) is 5.11 Å². The van der Waals surface area contributed by atoms with Crippen molar-refractivity contribution in [1.82, 2.24) is 0 Å². The predicted octanol–water partition coefficient (Wildman–Crippen LogP) is 2.26. The van der Waals surface area contributed by atoms with E-state index in [1.54, 1.807) is 18.2 Å². The van der Waals surface area contributed by atoms with E-state index in [0.29, 0.717) is 5.69 Å². The highest BCUT2D eigenvalue weighted by molar-refractivity contribution is 7.94. The van der Waals surface area contributed by atoms with Gasteiger partial charge in [-0.05, 0) is 32.9 Å². The molecular weight excluding hydrogens is 226 g/mol. The SMILES string of the molecule is CC(C)(C)[S+]([O-])Nc1ccccc1C(=O)O. The molecule has 1 aromatic rings. The third-order valence-electron chi connectivity index (χ3n) is 1.92. The summed E-state index contributed by atoms with van der Waals surface area (Å²) in [5.41, 5.74) is 0.503. The van der Waals surface area contributed by atoms with Crippen molar-refractivity contribution in [1.29, 1.82) is 0 Å². The van der Waals surface area contributed by atoms with Gasteiger partial charge in [-0.3, -0.25) is 0 Å². The molecule has 0 aliphatic rings. The zero-order valence-corrected chi connectivity index (χ0v) is 10.3. The Hall–Kier alpha value is -1.20. The average Bonchev–Trinajstić information content (AvgIpc) is 2.16. The number of carbonyl (C=O) groups is 1. The second-order valence-electron chi connectivity index (χ2n) is 4.33. The highest BCUT2D eigenvalue weighted by atomic mass is 32.2. The number of hydrogen-bond acceptors (Lipinski definition) is 3. The third-order valence-corrected chi connectivity index (χ3v) is 3.43. The third kappa shape index (κ3) is 3.15. The van der Waals surface area contributed by atoms with E-state index in [1.165, 1.54) is 6.07 Å². The Morgan fingerprint density at radius 2 is 1.94 bits per heavy atom. The largest absolute Gasteiger partial charge is 0.593 e. The van der Waals surface area contributed by atoms with E-state index in [-0.39, 0.29) is 5.56 Å². The van der Waals surface area contributed by atoms with Crippen LogP contribution in [0, 0.1) is 0 Å². The number of aromatic carboxylic acids is 1. The zero-order valence-electron chi connectivity index (χ0n) is 9.48. The molecule has 16 heavy (non-hydrogen) atoms. The molecule has 5 heteroatoms. The van der Waals surface area contributed by atoms with Gasteiger partial charge in [-0.2, -0.15) is 0 Å². The second kappa shape index (κ2) is 4.76. The van der Waals surface area contributed by atoms with Gasteiger partial charge in [-0.1, -0.05) is 12.1 Å². The van der Waals surface area contributed by atoms with Crippen LogP contribution < -0.4 is 4.72 Å². The molecule has 1 atom stereocenters. The summed E-state index contributed by atoms with van der Waals surface area (Å²) < 4.78 is 14.1. The Morgan fingerprint density at radius 3 is 2.44 bits per heavy atom. The lowest BCUT2D eigenvalue weighted by atomic mass is 10.2. The topological polar surface area (TPSA) is 72.4 Å². The van der Waals surface area contributed by atoms with Crippen LogP contribution in [0.5, 0.6) is 0 Å². The van der Waals surface area contributed by atoms with Crippen molar-refractivity contribution in [2.24, 2.45) is 0 Å². The maximum absolute atomic E-state index is 11.8. The minimum atomic E-state index is -1.33. The van der Waals surface area contributed by atoms with Crippen LogP contribution in [-0.2, 0) is 11.4 Å². The van der Waals surface area contributed by atoms with Gasteiger partial charge in [0.1, 0.15) is 4.75 Å². The van der Waals surface area contributed by atoms with Crippen LogP contribution in [0.4, 0.5) is 5.69 Å². The van der Waals surface area contributed by atoms with Crippen LogP contribution in [0.15, 0.2) is 24.3 Å². The fraction of sp³-hybridized carbons (Fsp3) is 0.364. The lowest BCUT2D eigenvalue weighted by molar-refractivity contribution is 0.0698. The van der Waals surface area contributed by atoms with Crippen LogP contribution in [0.25, 0.3) is 0 Å². The predicted molar refractivity (Wildman–Crippen MR) is 64.9 cm³/mol. The number of nitrogens with one attached hydrogen (secondary N) is 1. The quantitative estimate of drug-likeness (QED) is 0.796. The van der Waals surface area contributed by atoms with Gasteiger partial charge in [0.15, 0.2) is 0 Å².